The molecule has 4 heteroatoms. The van der Waals surface area contributed by atoms with Crippen LogP contribution in [-0.4, -0.2) is 11.0 Å². The second-order valence-electron chi connectivity index (χ2n) is 9.67. The molecule has 0 aliphatic carbocycles. The van der Waals surface area contributed by atoms with Crippen molar-refractivity contribution in [3.63, 3.8) is 0 Å². The predicted molar refractivity (Wildman–Crippen MR) is 162 cm³/mol. The van der Waals surface area contributed by atoms with Crippen LogP contribution in [0.3, 0.4) is 0 Å². The number of nitrogens with zero attached hydrogens (tertiary/aromatic N) is 2. The fraction of sp³-hybridized carbons (Fsp3) is 0.147. The minimum atomic E-state index is -0.0404. The molecule has 3 nitrogen and oxygen atoms in total. The molecular weight excluding hydrogens is 486 g/mol. The number of rotatable bonds is 6. The Kier molecular flexibility index (Phi) is 6.61. The Morgan fingerprint density at radius 3 is 2.29 bits per heavy atom. The lowest BCUT2D eigenvalue weighted by atomic mass is 9.96. The van der Waals surface area contributed by atoms with Crippen LogP contribution in [0.4, 0.5) is 11.5 Å². The Labute approximate surface area is 229 Å². The smallest absolute Gasteiger partial charge is 0.155 e. The van der Waals surface area contributed by atoms with E-state index in [0.717, 1.165) is 17.9 Å². The van der Waals surface area contributed by atoms with Gasteiger partial charge >= 0.3 is 0 Å². The molecule has 2 atom stereocenters. The molecule has 0 fully saturated rings. The summed E-state index contributed by atoms with van der Waals surface area (Å²) in [4.78, 5) is 7.03. The molecule has 0 radical (unpaired) electrons. The van der Waals surface area contributed by atoms with E-state index in [0.29, 0.717) is 5.02 Å². The highest BCUT2D eigenvalue weighted by atomic mass is 35.5. The zero-order valence-electron chi connectivity index (χ0n) is 21.6. The third-order valence-corrected chi connectivity index (χ3v) is 7.73. The summed E-state index contributed by atoms with van der Waals surface area (Å²) in [5, 5.41) is 6.87. The van der Waals surface area contributed by atoms with E-state index in [2.05, 4.69) is 127 Å². The first-order valence-electron chi connectivity index (χ1n) is 13.2. The third-order valence-electron chi connectivity index (χ3n) is 7.42. The van der Waals surface area contributed by atoms with Crippen molar-refractivity contribution in [1.82, 2.24) is 4.98 Å². The Bertz CT molecular complexity index is 1600. The van der Waals surface area contributed by atoms with Crippen molar-refractivity contribution in [1.29, 1.82) is 0 Å². The average molecular weight is 516 g/mol. The summed E-state index contributed by atoms with van der Waals surface area (Å²) in [6, 6.07) is 34.8. The van der Waals surface area contributed by atoms with Crippen molar-refractivity contribution in [2.24, 2.45) is 0 Å². The van der Waals surface area contributed by atoms with E-state index in [1.807, 2.05) is 6.07 Å². The summed E-state index contributed by atoms with van der Waals surface area (Å²) < 4.78 is 0. The molecule has 5 aromatic rings. The molecule has 38 heavy (non-hydrogen) atoms. The first kappa shape index (κ1) is 24.3. The molecule has 1 aliphatic heterocycles. The number of halogens is 1. The lowest BCUT2D eigenvalue weighted by Gasteiger charge is -2.32. The number of pyridine rings is 1. The van der Waals surface area contributed by atoms with Crippen molar-refractivity contribution in [2.75, 3.05) is 10.2 Å². The monoisotopic (exact) mass is 515 g/mol. The van der Waals surface area contributed by atoms with Crippen LogP contribution in [0.2, 0.25) is 5.02 Å². The molecule has 188 valence electrons. The molecule has 0 saturated heterocycles. The lowest BCUT2D eigenvalue weighted by molar-refractivity contribution is 0.611. The molecule has 2 unspecified atom stereocenters. The summed E-state index contributed by atoms with van der Waals surface area (Å²) in [7, 11) is 0. The summed E-state index contributed by atoms with van der Waals surface area (Å²) in [6.45, 7) is 4.27. The van der Waals surface area contributed by atoms with Gasteiger partial charge in [-0.1, -0.05) is 122 Å². The van der Waals surface area contributed by atoms with E-state index in [9.17, 15) is 0 Å². The molecule has 2 heterocycles. The molecule has 4 aromatic carbocycles. The zero-order chi connectivity index (χ0) is 26.1. The van der Waals surface area contributed by atoms with Gasteiger partial charge in [0.1, 0.15) is 6.17 Å². The lowest BCUT2D eigenvalue weighted by Crippen LogP contribution is -2.36. The molecule has 1 aliphatic rings. The van der Waals surface area contributed by atoms with Crippen LogP contribution in [0, 0.1) is 0 Å². The summed E-state index contributed by atoms with van der Waals surface area (Å²) in [5.41, 5.74) is 6.95. The molecular formula is C34H30ClN3. The SMILES string of the molecule is C/C=C\C(CC)N1c2nccc(Cl)c2NC1c1ccc(-c2ccc(-c3cccc4ccccc34)cc2)cc1. The van der Waals surface area contributed by atoms with Crippen molar-refractivity contribution in [3.05, 3.63) is 126 Å². The van der Waals surface area contributed by atoms with Gasteiger partial charge in [0.05, 0.1) is 16.8 Å². The zero-order valence-corrected chi connectivity index (χ0v) is 22.4. The van der Waals surface area contributed by atoms with E-state index in [-0.39, 0.29) is 12.2 Å². The molecule has 1 N–H and O–H groups in total. The highest BCUT2D eigenvalue weighted by Gasteiger charge is 2.35. The van der Waals surface area contributed by atoms with Crippen molar-refractivity contribution < 1.29 is 0 Å². The third kappa shape index (κ3) is 4.33. The van der Waals surface area contributed by atoms with Gasteiger partial charge in [0, 0.05) is 6.20 Å². The van der Waals surface area contributed by atoms with Gasteiger partial charge in [-0.05, 0) is 58.0 Å². The van der Waals surface area contributed by atoms with Gasteiger partial charge in [0.15, 0.2) is 5.82 Å². The molecule has 0 spiro atoms. The maximum atomic E-state index is 6.56. The summed E-state index contributed by atoms with van der Waals surface area (Å²) in [6.07, 6.45) is 7.06. The van der Waals surface area contributed by atoms with Crippen molar-refractivity contribution >= 4 is 33.9 Å². The van der Waals surface area contributed by atoms with E-state index < -0.39 is 0 Å². The second kappa shape index (κ2) is 10.4. The number of nitrogens with one attached hydrogen (secondary N) is 1. The van der Waals surface area contributed by atoms with Crippen LogP contribution in [0.15, 0.2) is 115 Å². The highest BCUT2D eigenvalue weighted by Crippen LogP contribution is 2.45. The minimum absolute atomic E-state index is 0.0404. The topological polar surface area (TPSA) is 28.2 Å². The second-order valence-corrected chi connectivity index (χ2v) is 10.1. The molecule has 6 rings (SSSR count). The number of benzene rings is 4. The molecule has 0 saturated carbocycles. The molecule has 1 aromatic heterocycles. The number of allylic oxidation sites excluding steroid dienone is 1. The summed E-state index contributed by atoms with van der Waals surface area (Å²) >= 11 is 6.56. The fourth-order valence-corrected chi connectivity index (χ4v) is 5.70. The number of hydrogen-bond acceptors (Lipinski definition) is 3. The van der Waals surface area contributed by atoms with Gasteiger partial charge < -0.3 is 10.2 Å². The largest absolute Gasteiger partial charge is 0.357 e. The Morgan fingerprint density at radius 2 is 1.55 bits per heavy atom. The van der Waals surface area contributed by atoms with Gasteiger partial charge in [0.25, 0.3) is 0 Å². The van der Waals surface area contributed by atoms with Crippen LogP contribution >= 0.6 is 11.6 Å². The van der Waals surface area contributed by atoms with Gasteiger partial charge in [-0.15, -0.1) is 0 Å². The predicted octanol–water partition coefficient (Wildman–Crippen LogP) is 9.51. The van der Waals surface area contributed by atoms with Crippen LogP contribution in [-0.2, 0) is 0 Å². The van der Waals surface area contributed by atoms with Crippen molar-refractivity contribution in [2.45, 2.75) is 32.5 Å². The van der Waals surface area contributed by atoms with Crippen LogP contribution in [0.25, 0.3) is 33.0 Å². The van der Waals surface area contributed by atoms with Gasteiger partial charge in [-0.2, -0.15) is 0 Å². The standard InChI is InChI=1S/C34H30ClN3/c1-3-8-28(4-2)38-33(37-32-31(35)21-22-36-34(32)38)27-19-15-24(16-20-27)23-13-17-26(18-14-23)30-12-7-10-25-9-5-6-11-29(25)30/h3,5-22,28,33,37H,4H2,1-2H3/b8-3-. The first-order valence-corrected chi connectivity index (χ1v) is 13.6. The van der Waals surface area contributed by atoms with E-state index in [1.165, 1.54) is 38.6 Å². The first-order chi connectivity index (χ1) is 18.7. The number of hydrogen-bond donors (Lipinski definition) is 1. The van der Waals surface area contributed by atoms with Gasteiger partial charge in [-0.25, -0.2) is 4.98 Å². The highest BCUT2D eigenvalue weighted by molar-refractivity contribution is 6.34. The Balaban J connectivity index is 1.29. The maximum Gasteiger partial charge on any atom is 0.155 e. The number of fused-ring (bicyclic) bond motifs is 2. The Hall–Kier alpha value is -4.08. The van der Waals surface area contributed by atoms with Gasteiger partial charge in [0.2, 0.25) is 0 Å². The van der Waals surface area contributed by atoms with E-state index in [4.69, 9.17) is 16.6 Å². The average Bonchev–Trinajstić information content (AvgIpc) is 3.36. The quantitative estimate of drug-likeness (QED) is 0.228. The minimum Gasteiger partial charge on any atom is -0.357 e. The fourth-order valence-electron chi connectivity index (χ4n) is 5.50. The van der Waals surface area contributed by atoms with Crippen LogP contribution < -0.4 is 10.2 Å². The number of anilines is 2. The van der Waals surface area contributed by atoms with Crippen LogP contribution in [0.1, 0.15) is 32.0 Å². The Morgan fingerprint density at radius 1 is 0.868 bits per heavy atom. The van der Waals surface area contributed by atoms with Crippen molar-refractivity contribution in [3.8, 4) is 22.3 Å². The van der Waals surface area contributed by atoms with Crippen LogP contribution in [0.5, 0.6) is 0 Å². The number of aromatic nitrogens is 1. The van der Waals surface area contributed by atoms with Gasteiger partial charge in [-0.3, -0.25) is 0 Å². The van der Waals surface area contributed by atoms with E-state index in [1.54, 1.807) is 6.20 Å². The summed E-state index contributed by atoms with van der Waals surface area (Å²) in [5.74, 6) is 0.903. The molecule has 0 amide bonds. The van der Waals surface area contributed by atoms with E-state index >= 15 is 0 Å². The molecule has 0 bridgehead atoms. The normalized spacial score (nSPS) is 15.6. The maximum absolute atomic E-state index is 6.56.